The highest BCUT2D eigenvalue weighted by Crippen LogP contribution is 2.24. The van der Waals surface area contributed by atoms with E-state index < -0.39 is 0 Å². The third-order valence-electron chi connectivity index (χ3n) is 3.24. The summed E-state index contributed by atoms with van der Waals surface area (Å²) in [4.78, 5) is 24.5. The number of piperidine rings is 1. The van der Waals surface area contributed by atoms with Crippen LogP contribution in [0.2, 0.25) is 0 Å². The van der Waals surface area contributed by atoms with E-state index in [1.165, 1.54) is 7.11 Å². The maximum absolute atomic E-state index is 11.4. The summed E-state index contributed by atoms with van der Waals surface area (Å²) in [5, 5.41) is 2.83. The van der Waals surface area contributed by atoms with Crippen molar-refractivity contribution >= 4 is 11.9 Å². The first kappa shape index (κ1) is 10.4. The molecular formula is C10H16N2O3. The van der Waals surface area contributed by atoms with Gasteiger partial charge in [0.1, 0.15) is 6.04 Å². The zero-order valence-corrected chi connectivity index (χ0v) is 8.86. The Morgan fingerprint density at radius 2 is 2.33 bits per heavy atom. The van der Waals surface area contributed by atoms with Crippen molar-refractivity contribution in [3.63, 3.8) is 0 Å². The summed E-state index contributed by atoms with van der Waals surface area (Å²) in [5.74, 6) is -0.0421. The lowest BCUT2D eigenvalue weighted by Crippen LogP contribution is -2.61. The van der Waals surface area contributed by atoms with Crippen molar-refractivity contribution < 1.29 is 14.3 Å². The minimum atomic E-state index is -0.154. The summed E-state index contributed by atoms with van der Waals surface area (Å²) in [6.45, 7) is 1.59. The summed E-state index contributed by atoms with van der Waals surface area (Å²) in [6, 6.07) is 0.218. The van der Waals surface area contributed by atoms with Crippen molar-refractivity contribution in [2.24, 2.45) is 0 Å². The van der Waals surface area contributed by atoms with Crippen LogP contribution in [0.25, 0.3) is 0 Å². The van der Waals surface area contributed by atoms with Gasteiger partial charge in [0.2, 0.25) is 5.91 Å². The molecule has 0 aliphatic carbocycles. The Labute approximate surface area is 88.8 Å². The van der Waals surface area contributed by atoms with Gasteiger partial charge in [0.15, 0.2) is 0 Å². The Balaban J connectivity index is 1.89. The van der Waals surface area contributed by atoms with Crippen LogP contribution >= 0.6 is 0 Å². The van der Waals surface area contributed by atoms with E-state index in [4.69, 9.17) is 4.74 Å². The number of carbonyl (C=O) groups excluding carboxylic acids is 2. The van der Waals surface area contributed by atoms with Crippen molar-refractivity contribution in [3.05, 3.63) is 0 Å². The van der Waals surface area contributed by atoms with E-state index >= 15 is 0 Å². The fourth-order valence-electron chi connectivity index (χ4n) is 2.24. The van der Waals surface area contributed by atoms with Crippen LogP contribution in [0.1, 0.15) is 19.3 Å². The van der Waals surface area contributed by atoms with Gasteiger partial charge in [-0.15, -0.1) is 0 Å². The SMILES string of the molecule is COC(=O)C1CCN1C1CCC(=O)NC1. The molecule has 0 aromatic heterocycles. The zero-order valence-electron chi connectivity index (χ0n) is 8.86. The average Bonchev–Trinajstić information content (AvgIpc) is 2.19. The van der Waals surface area contributed by atoms with Crippen molar-refractivity contribution in [2.45, 2.75) is 31.3 Å². The van der Waals surface area contributed by atoms with Gasteiger partial charge in [-0.3, -0.25) is 14.5 Å². The van der Waals surface area contributed by atoms with Crippen molar-refractivity contribution in [1.82, 2.24) is 10.2 Å². The van der Waals surface area contributed by atoms with Crippen LogP contribution in [-0.2, 0) is 14.3 Å². The number of hydrogen-bond acceptors (Lipinski definition) is 4. The standard InChI is InChI=1S/C10H16N2O3/c1-15-10(14)8-4-5-12(8)7-2-3-9(13)11-6-7/h7-8H,2-6H2,1H3,(H,11,13). The van der Waals surface area contributed by atoms with Crippen LogP contribution < -0.4 is 5.32 Å². The number of carbonyl (C=O) groups is 2. The molecule has 0 aromatic carbocycles. The molecule has 2 atom stereocenters. The van der Waals surface area contributed by atoms with E-state index in [1.807, 2.05) is 0 Å². The van der Waals surface area contributed by atoms with E-state index in [-0.39, 0.29) is 17.9 Å². The minimum absolute atomic E-state index is 0.0880. The Morgan fingerprint density at radius 1 is 1.53 bits per heavy atom. The Morgan fingerprint density at radius 3 is 2.80 bits per heavy atom. The molecule has 15 heavy (non-hydrogen) atoms. The quantitative estimate of drug-likeness (QED) is 0.628. The molecule has 2 aliphatic heterocycles. The second-order valence-corrected chi connectivity index (χ2v) is 4.06. The minimum Gasteiger partial charge on any atom is -0.468 e. The van der Waals surface area contributed by atoms with Crippen molar-refractivity contribution in [1.29, 1.82) is 0 Å². The van der Waals surface area contributed by atoms with Crippen LogP contribution in [0.4, 0.5) is 0 Å². The average molecular weight is 212 g/mol. The number of rotatable bonds is 2. The number of ether oxygens (including phenoxy) is 1. The second kappa shape index (κ2) is 4.18. The summed E-state index contributed by atoms with van der Waals surface area (Å²) in [5.41, 5.74) is 0. The van der Waals surface area contributed by atoms with Gasteiger partial charge >= 0.3 is 5.97 Å². The molecule has 1 N–H and O–H groups in total. The highest BCUT2D eigenvalue weighted by Gasteiger charge is 2.40. The van der Waals surface area contributed by atoms with Crippen LogP contribution in [0, 0.1) is 0 Å². The molecule has 2 aliphatic rings. The Kier molecular flexibility index (Phi) is 2.90. The van der Waals surface area contributed by atoms with Crippen LogP contribution in [0.15, 0.2) is 0 Å². The second-order valence-electron chi connectivity index (χ2n) is 4.06. The Bertz CT molecular complexity index is 270. The van der Waals surface area contributed by atoms with Gasteiger partial charge in [0.25, 0.3) is 0 Å². The normalized spacial score (nSPS) is 31.7. The number of esters is 1. The van der Waals surface area contributed by atoms with Gasteiger partial charge in [-0.1, -0.05) is 0 Å². The van der Waals surface area contributed by atoms with Crippen LogP contribution in [0.5, 0.6) is 0 Å². The van der Waals surface area contributed by atoms with Gasteiger partial charge in [0, 0.05) is 25.6 Å². The molecule has 0 aromatic rings. The number of hydrogen-bond donors (Lipinski definition) is 1. The first-order valence-electron chi connectivity index (χ1n) is 5.32. The first-order valence-corrected chi connectivity index (χ1v) is 5.32. The lowest BCUT2D eigenvalue weighted by atomic mass is 9.95. The molecule has 0 spiro atoms. The molecule has 5 heteroatoms. The molecule has 2 rings (SSSR count). The fourth-order valence-corrected chi connectivity index (χ4v) is 2.24. The molecular weight excluding hydrogens is 196 g/mol. The monoisotopic (exact) mass is 212 g/mol. The van der Waals surface area contributed by atoms with Gasteiger partial charge < -0.3 is 10.1 Å². The largest absolute Gasteiger partial charge is 0.468 e. The number of nitrogens with one attached hydrogen (secondary N) is 1. The molecule has 84 valence electrons. The molecule has 2 heterocycles. The van der Waals surface area contributed by atoms with E-state index in [0.717, 1.165) is 19.4 Å². The van der Waals surface area contributed by atoms with E-state index in [2.05, 4.69) is 10.2 Å². The van der Waals surface area contributed by atoms with Gasteiger partial charge in [-0.25, -0.2) is 0 Å². The highest BCUT2D eigenvalue weighted by molar-refractivity contribution is 5.78. The third kappa shape index (κ3) is 1.97. The number of nitrogens with zero attached hydrogens (tertiary/aromatic N) is 1. The van der Waals surface area contributed by atoms with E-state index in [1.54, 1.807) is 0 Å². The van der Waals surface area contributed by atoms with Gasteiger partial charge in [0.05, 0.1) is 7.11 Å². The molecule has 0 radical (unpaired) electrons. The van der Waals surface area contributed by atoms with Crippen molar-refractivity contribution in [2.75, 3.05) is 20.2 Å². The highest BCUT2D eigenvalue weighted by atomic mass is 16.5. The van der Waals surface area contributed by atoms with Crippen molar-refractivity contribution in [3.8, 4) is 0 Å². The summed E-state index contributed by atoms with van der Waals surface area (Å²) >= 11 is 0. The molecule has 5 nitrogen and oxygen atoms in total. The molecule has 2 unspecified atom stereocenters. The molecule has 0 saturated carbocycles. The van der Waals surface area contributed by atoms with Gasteiger partial charge in [-0.2, -0.15) is 0 Å². The number of methoxy groups -OCH3 is 1. The maximum Gasteiger partial charge on any atom is 0.323 e. The molecule has 2 saturated heterocycles. The predicted octanol–water partition coefficient (Wildman–Crippen LogP) is -0.488. The van der Waals surface area contributed by atoms with Crippen LogP contribution in [0.3, 0.4) is 0 Å². The smallest absolute Gasteiger partial charge is 0.323 e. The Hall–Kier alpha value is -1.10. The van der Waals surface area contributed by atoms with Crippen LogP contribution in [-0.4, -0.2) is 49.1 Å². The molecule has 2 fully saturated rings. The van der Waals surface area contributed by atoms with E-state index in [0.29, 0.717) is 19.0 Å². The third-order valence-corrected chi connectivity index (χ3v) is 3.24. The predicted molar refractivity (Wildman–Crippen MR) is 53.2 cm³/mol. The lowest BCUT2D eigenvalue weighted by Gasteiger charge is -2.45. The zero-order chi connectivity index (χ0) is 10.8. The van der Waals surface area contributed by atoms with Gasteiger partial charge in [-0.05, 0) is 12.8 Å². The molecule has 0 bridgehead atoms. The number of likely N-dealkylation sites (tertiary alicyclic amines) is 1. The van der Waals surface area contributed by atoms with E-state index in [9.17, 15) is 9.59 Å². The fraction of sp³-hybridized carbons (Fsp3) is 0.800. The topological polar surface area (TPSA) is 58.6 Å². The molecule has 1 amide bonds. The lowest BCUT2D eigenvalue weighted by molar-refractivity contribution is -0.154. The summed E-state index contributed by atoms with van der Waals surface area (Å²) in [6.07, 6.45) is 2.28. The first-order chi connectivity index (χ1) is 7.22. The summed E-state index contributed by atoms with van der Waals surface area (Å²) < 4.78 is 4.73. The number of amides is 1. The maximum atomic E-state index is 11.4. The summed E-state index contributed by atoms with van der Waals surface area (Å²) in [7, 11) is 1.42.